The van der Waals surface area contributed by atoms with Gasteiger partial charge in [-0.3, -0.25) is 4.90 Å². The average molecular weight is 490 g/mol. The van der Waals surface area contributed by atoms with Crippen LogP contribution in [0.15, 0.2) is 42.7 Å². The van der Waals surface area contributed by atoms with Crippen LogP contribution < -0.4 is 10.1 Å². The predicted octanol–water partition coefficient (Wildman–Crippen LogP) is 4.70. The first kappa shape index (κ1) is 23.7. The third kappa shape index (κ3) is 4.84. The molecular weight excluding hydrogens is 464 g/mol. The number of aryl methyl sites for hydroxylation is 1. The van der Waals surface area contributed by atoms with Crippen molar-refractivity contribution in [2.24, 2.45) is 0 Å². The van der Waals surface area contributed by atoms with E-state index in [2.05, 4.69) is 37.1 Å². The highest BCUT2D eigenvalue weighted by Gasteiger charge is 2.20. The Morgan fingerprint density at radius 2 is 1.86 bits per heavy atom. The van der Waals surface area contributed by atoms with Crippen LogP contribution >= 0.6 is 0 Å². The molecule has 36 heavy (non-hydrogen) atoms. The molecule has 4 aromatic rings. The Morgan fingerprint density at radius 1 is 1.11 bits per heavy atom. The maximum Gasteiger partial charge on any atom is 0.242 e. The number of rotatable bonds is 6. The summed E-state index contributed by atoms with van der Waals surface area (Å²) < 4.78 is 35.1. The largest absolute Gasteiger partial charge is 0.434 e. The van der Waals surface area contributed by atoms with Crippen LogP contribution in [0, 0.1) is 29.9 Å². The summed E-state index contributed by atoms with van der Waals surface area (Å²) in [5, 5.41) is 12.9. The monoisotopic (exact) mass is 489 g/mol. The molecule has 0 saturated carbocycles. The standard InChI is InChI=1S/C26H25F2N7O/c1-16-11-19-23(28)22(12-21(27)24(19)32-16)36-26-20(13-29)25(30-15-31-26)33-18-5-3-17(4-6-18)14-35-9-7-34(2)8-10-35/h3-6,11-12,15,32H,7-10,14H2,1-2H3,(H,30,31,33). The van der Waals surface area contributed by atoms with Gasteiger partial charge in [-0.1, -0.05) is 12.1 Å². The molecule has 1 fully saturated rings. The number of H-pyrrole nitrogens is 1. The number of aromatic amines is 1. The quantitative estimate of drug-likeness (QED) is 0.406. The first-order chi connectivity index (χ1) is 17.4. The molecule has 10 heteroatoms. The van der Waals surface area contributed by atoms with Gasteiger partial charge in [-0.15, -0.1) is 0 Å². The van der Waals surface area contributed by atoms with E-state index in [4.69, 9.17) is 4.74 Å². The van der Waals surface area contributed by atoms with E-state index in [1.165, 1.54) is 18.0 Å². The number of ether oxygens (including phenoxy) is 1. The minimum Gasteiger partial charge on any atom is -0.434 e. The highest BCUT2D eigenvalue weighted by atomic mass is 19.1. The molecule has 8 nitrogen and oxygen atoms in total. The van der Waals surface area contributed by atoms with Crippen molar-refractivity contribution in [3.63, 3.8) is 0 Å². The number of nitrogens with zero attached hydrogens (tertiary/aromatic N) is 5. The van der Waals surface area contributed by atoms with E-state index in [-0.39, 0.29) is 33.9 Å². The fraction of sp³-hybridized carbons (Fsp3) is 0.269. The third-order valence-electron chi connectivity index (χ3n) is 6.25. The molecule has 5 rings (SSSR count). The zero-order valence-corrected chi connectivity index (χ0v) is 20.0. The number of fused-ring (bicyclic) bond motifs is 1. The lowest BCUT2D eigenvalue weighted by molar-refractivity contribution is 0.148. The smallest absolute Gasteiger partial charge is 0.242 e. The summed E-state index contributed by atoms with van der Waals surface area (Å²) in [6, 6.07) is 12.3. The molecule has 0 amide bonds. The van der Waals surface area contributed by atoms with E-state index in [0.29, 0.717) is 5.69 Å². The summed E-state index contributed by atoms with van der Waals surface area (Å²) in [7, 11) is 2.13. The van der Waals surface area contributed by atoms with Crippen molar-refractivity contribution >= 4 is 22.4 Å². The van der Waals surface area contributed by atoms with Gasteiger partial charge in [0.05, 0.1) is 5.52 Å². The van der Waals surface area contributed by atoms with Crippen LogP contribution in [-0.2, 0) is 6.54 Å². The zero-order valence-electron chi connectivity index (χ0n) is 20.0. The Kier molecular flexibility index (Phi) is 6.50. The van der Waals surface area contributed by atoms with Crippen LogP contribution in [0.1, 0.15) is 16.8 Å². The molecule has 0 bridgehead atoms. The lowest BCUT2D eigenvalue weighted by Gasteiger charge is -2.32. The van der Waals surface area contributed by atoms with Gasteiger partial charge in [-0.2, -0.15) is 5.26 Å². The van der Waals surface area contributed by atoms with Gasteiger partial charge in [-0.05, 0) is 37.7 Å². The number of hydrogen-bond acceptors (Lipinski definition) is 7. The topological polar surface area (TPSA) is 93.1 Å². The first-order valence-electron chi connectivity index (χ1n) is 11.6. The maximum atomic E-state index is 15.0. The number of aromatic nitrogens is 3. The molecule has 0 atom stereocenters. The molecule has 2 aromatic heterocycles. The SMILES string of the molecule is Cc1cc2c(F)c(Oc3ncnc(Nc4ccc(CN5CCN(C)CC5)cc4)c3C#N)cc(F)c2[nH]1. The van der Waals surface area contributed by atoms with Crippen LogP contribution in [0.25, 0.3) is 10.9 Å². The molecule has 2 aromatic carbocycles. The van der Waals surface area contributed by atoms with Gasteiger partial charge in [0.1, 0.15) is 12.4 Å². The lowest BCUT2D eigenvalue weighted by atomic mass is 10.1. The molecule has 184 valence electrons. The number of likely N-dealkylation sites (N-methyl/N-ethyl adjacent to an activating group) is 1. The highest BCUT2D eigenvalue weighted by molar-refractivity contribution is 5.83. The van der Waals surface area contributed by atoms with Crippen LogP contribution in [0.5, 0.6) is 11.6 Å². The van der Waals surface area contributed by atoms with Crippen molar-refractivity contribution in [1.29, 1.82) is 5.26 Å². The van der Waals surface area contributed by atoms with Crippen molar-refractivity contribution in [2.75, 3.05) is 38.5 Å². The molecule has 1 saturated heterocycles. The van der Waals surface area contributed by atoms with Crippen molar-refractivity contribution < 1.29 is 13.5 Å². The second-order valence-corrected chi connectivity index (χ2v) is 8.93. The number of piperazine rings is 1. The average Bonchev–Trinajstić information content (AvgIpc) is 3.28. The Balaban J connectivity index is 1.34. The Bertz CT molecular complexity index is 1440. The second kappa shape index (κ2) is 9.89. The number of hydrogen-bond donors (Lipinski definition) is 2. The molecule has 3 heterocycles. The molecule has 2 N–H and O–H groups in total. The van der Waals surface area contributed by atoms with Gasteiger partial charge in [0.2, 0.25) is 5.88 Å². The van der Waals surface area contributed by atoms with Crippen LogP contribution in [0.2, 0.25) is 0 Å². The van der Waals surface area contributed by atoms with E-state index in [0.717, 1.165) is 44.5 Å². The van der Waals surface area contributed by atoms with Gasteiger partial charge in [0, 0.05) is 55.6 Å². The van der Waals surface area contributed by atoms with Crippen LogP contribution in [0.4, 0.5) is 20.3 Å². The van der Waals surface area contributed by atoms with E-state index in [1.807, 2.05) is 30.3 Å². The zero-order chi connectivity index (χ0) is 25.2. The van der Waals surface area contributed by atoms with Gasteiger partial charge in [0.15, 0.2) is 28.8 Å². The van der Waals surface area contributed by atoms with Crippen molar-refractivity contribution in [3.8, 4) is 17.7 Å². The minimum atomic E-state index is -0.747. The van der Waals surface area contributed by atoms with Gasteiger partial charge < -0.3 is 19.9 Å². The van der Waals surface area contributed by atoms with Crippen LogP contribution in [-0.4, -0.2) is 58.0 Å². The van der Waals surface area contributed by atoms with E-state index in [1.54, 1.807) is 6.92 Å². The number of halogens is 2. The number of anilines is 2. The number of nitriles is 1. The first-order valence-corrected chi connectivity index (χ1v) is 11.6. The molecule has 0 unspecified atom stereocenters. The number of benzene rings is 2. The summed E-state index contributed by atoms with van der Waals surface area (Å²) in [6.45, 7) is 6.76. The normalized spacial score (nSPS) is 14.6. The lowest BCUT2D eigenvalue weighted by Crippen LogP contribution is -2.43. The fourth-order valence-corrected chi connectivity index (χ4v) is 4.25. The summed E-state index contributed by atoms with van der Waals surface area (Å²) in [5.41, 5.74) is 2.55. The Hall–Kier alpha value is -4.07. The number of nitrogens with one attached hydrogen (secondary N) is 2. The minimum absolute atomic E-state index is 0.0239. The highest BCUT2D eigenvalue weighted by Crippen LogP contribution is 2.34. The van der Waals surface area contributed by atoms with E-state index >= 15 is 0 Å². The third-order valence-corrected chi connectivity index (χ3v) is 6.25. The molecule has 0 radical (unpaired) electrons. The Labute approximate surface area is 207 Å². The summed E-state index contributed by atoms with van der Waals surface area (Å²) in [6.07, 6.45) is 1.20. The Morgan fingerprint density at radius 3 is 2.58 bits per heavy atom. The fourth-order valence-electron chi connectivity index (χ4n) is 4.25. The van der Waals surface area contributed by atoms with Crippen molar-refractivity contribution in [3.05, 3.63) is 71.2 Å². The molecule has 0 spiro atoms. The molecule has 1 aliphatic rings. The summed E-state index contributed by atoms with van der Waals surface area (Å²) in [5.74, 6) is -1.76. The van der Waals surface area contributed by atoms with Gasteiger partial charge in [-0.25, -0.2) is 18.7 Å². The summed E-state index contributed by atoms with van der Waals surface area (Å²) in [4.78, 5) is 15.7. The predicted molar refractivity (Wildman–Crippen MR) is 132 cm³/mol. The van der Waals surface area contributed by atoms with Crippen molar-refractivity contribution in [2.45, 2.75) is 13.5 Å². The van der Waals surface area contributed by atoms with Crippen molar-refractivity contribution in [1.82, 2.24) is 24.8 Å². The summed E-state index contributed by atoms with van der Waals surface area (Å²) >= 11 is 0. The molecular formula is C26H25F2N7O. The second-order valence-electron chi connectivity index (χ2n) is 8.93. The van der Waals surface area contributed by atoms with E-state index < -0.39 is 11.6 Å². The van der Waals surface area contributed by atoms with Gasteiger partial charge >= 0.3 is 0 Å². The van der Waals surface area contributed by atoms with E-state index in [9.17, 15) is 14.0 Å². The molecule has 1 aliphatic heterocycles. The maximum absolute atomic E-state index is 15.0. The molecule has 0 aliphatic carbocycles. The van der Waals surface area contributed by atoms with Gasteiger partial charge in [0.25, 0.3) is 0 Å². The van der Waals surface area contributed by atoms with Crippen LogP contribution in [0.3, 0.4) is 0 Å².